The first-order chi connectivity index (χ1) is 3.39. The van der Waals surface area contributed by atoms with E-state index in [9.17, 15) is 0 Å². The van der Waals surface area contributed by atoms with Gasteiger partial charge in [-0.15, -0.1) is 24.8 Å². The molecule has 1 aromatic rings. The lowest BCUT2D eigenvalue weighted by Gasteiger charge is -1.81. The van der Waals surface area contributed by atoms with E-state index >= 15 is 0 Å². The fourth-order valence-corrected chi connectivity index (χ4v) is 0.600. The van der Waals surface area contributed by atoms with Crippen LogP contribution in [0, 0.1) is 0 Å². The van der Waals surface area contributed by atoms with Gasteiger partial charge in [0.15, 0.2) is 0 Å². The van der Waals surface area contributed by atoms with Gasteiger partial charge in [0.05, 0.1) is 0 Å². The Hall–Kier alpha value is 0.230. The summed E-state index contributed by atoms with van der Waals surface area (Å²) in [5.74, 6) is 0. The highest BCUT2D eigenvalue weighted by Crippen LogP contribution is 1.86. The predicted octanol–water partition coefficient (Wildman–Crippen LogP) is 2.57. The summed E-state index contributed by atoms with van der Waals surface area (Å²) in [5.41, 5.74) is 0. The van der Waals surface area contributed by atoms with Gasteiger partial charge in [-0.1, -0.05) is 30.3 Å². The Balaban J connectivity index is 0. The summed E-state index contributed by atoms with van der Waals surface area (Å²) in [6.45, 7) is 0. The summed E-state index contributed by atoms with van der Waals surface area (Å²) in [6, 6.07) is 9.79. The van der Waals surface area contributed by atoms with E-state index in [-0.39, 0.29) is 24.8 Å². The molecule has 2 radical (unpaired) electrons. The monoisotopic (exact) mass is 180 g/mol. The van der Waals surface area contributed by atoms with Gasteiger partial charge in [0, 0.05) is 0 Å². The molecule has 0 heterocycles. The molecule has 0 aliphatic heterocycles. The lowest BCUT2D eigenvalue weighted by atomic mass is 10.4. The van der Waals surface area contributed by atoms with Crippen molar-refractivity contribution in [3.05, 3.63) is 30.3 Å². The summed E-state index contributed by atoms with van der Waals surface area (Å²) in [7, 11) is 4.08. The zero-order valence-electron chi connectivity index (χ0n) is 4.65. The van der Waals surface area contributed by atoms with Crippen LogP contribution in [0.3, 0.4) is 0 Å². The van der Waals surface area contributed by atoms with Crippen molar-refractivity contribution >= 4 is 39.4 Å². The zero-order valence-corrected chi connectivity index (χ0v) is 7.18. The summed E-state index contributed by atoms with van der Waals surface area (Å²) in [4.78, 5) is 0. The third kappa shape index (κ3) is 4.72. The van der Waals surface area contributed by atoms with Gasteiger partial charge >= 0.3 is 0 Å². The summed E-state index contributed by atoms with van der Waals surface area (Å²) in [6.07, 6.45) is 0. The summed E-state index contributed by atoms with van der Waals surface area (Å²) < 4.78 is 0. The van der Waals surface area contributed by atoms with Crippen molar-refractivity contribution < 1.29 is 0 Å². The Morgan fingerprint density at radius 3 is 1.56 bits per heavy atom. The van der Waals surface area contributed by atoms with Crippen molar-refractivity contribution in [1.29, 1.82) is 0 Å². The first kappa shape index (κ1) is 12.0. The van der Waals surface area contributed by atoms with E-state index in [1.165, 1.54) is 0 Å². The van der Waals surface area contributed by atoms with E-state index in [0.29, 0.717) is 0 Å². The molecular weight excluding hydrogens is 174 g/mol. The number of rotatable bonds is 0. The molecule has 0 aliphatic carbocycles. The van der Waals surface area contributed by atoms with Crippen LogP contribution in [0.2, 0.25) is 0 Å². The molecule has 0 unspecified atom stereocenters. The average Bonchev–Trinajstić information content (AvgIpc) is 1.69. The molecule has 0 atom stereocenters. The van der Waals surface area contributed by atoms with Crippen LogP contribution in [0.4, 0.5) is 0 Å². The fourth-order valence-electron chi connectivity index (χ4n) is 0.428. The van der Waals surface area contributed by atoms with Gasteiger partial charge in [-0.2, -0.15) is 0 Å². The molecule has 0 saturated carbocycles. The molecule has 0 aliphatic rings. The van der Waals surface area contributed by atoms with E-state index in [1.54, 1.807) is 0 Å². The van der Waals surface area contributed by atoms with Crippen LogP contribution >= 0.6 is 34.1 Å². The number of benzene rings is 1. The number of hydrogen-bond acceptors (Lipinski definition) is 0. The highest BCUT2D eigenvalue weighted by Gasteiger charge is 1.73. The largest absolute Gasteiger partial charge is 0.147 e. The molecule has 50 valence electrons. The molecule has 0 nitrogen and oxygen atoms in total. The molecule has 9 heavy (non-hydrogen) atoms. The minimum atomic E-state index is 0. The third-order valence-corrected chi connectivity index (χ3v) is 1.05. The normalized spacial score (nSPS) is 6.78. The predicted molar refractivity (Wildman–Crippen MR) is 47.5 cm³/mol. The number of halogens is 2. The van der Waals surface area contributed by atoms with Crippen LogP contribution in [0.25, 0.3) is 0 Å². The van der Waals surface area contributed by atoms with Gasteiger partial charge in [0.1, 0.15) is 0 Å². The molecule has 1 aromatic carbocycles. The highest BCUT2D eigenvalue weighted by atomic mass is 35.5. The SMILES string of the molecule is Cl.Cl.[P]c1ccccc1. The first-order valence-electron chi connectivity index (χ1n) is 2.13. The Morgan fingerprint density at radius 2 is 1.33 bits per heavy atom. The molecule has 0 fully saturated rings. The minimum Gasteiger partial charge on any atom is -0.147 e. The van der Waals surface area contributed by atoms with Crippen molar-refractivity contribution in [3.8, 4) is 0 Å². The molecule has 0 bridgehead atoms. The molecule has 0 amide bonds. The highest BCUT2D eigenvalue weighted by molar-refractivity contribution is 7.27. The fraction of sp³-hybridized carbons (Fsp3) is 0. The average molecular weight is 181 g/mol. The molecule has 0 spiro atoms. The Labute approximate surface area is 70.1 Å². The summed E-state index contributed by atoms with van der Waals surface area (Å²) in [5, 5.41) is 1.02. The zero-order chi connectivity index (χ0) is 5.11. The van der Waals surface area contributed by atoms with Gasteiger partial charge < -0.3 is 0 Å². The van der Waals surface area contributed by atoms with Crippen molar-refractivity contribution in [2.24, 2.45) is 0 Å². The maximum atomic E-state index is 4.08. The van der Waals surface area contributed by atoms with Crippen LogP contribution in [-0.2, 0) is 0 Å². The number of hydrogen-bond donors (Lipinski definition) is 0. The van der Waals surface area contributed by atoms with Crippen LogP contribution in [0.1, 0.15) is 0 Å². The van der Waals surface area contributed by atoms with Crippen LogP contribution in [0.5, 0.6) is 0 Å². The molecule has 1 rings (SSSR count). The Bertz CT molecular complexity index is 141. The van der Waals surface area contributed by atoms with Crippen LogP contribution in [-0.4, -0.2) is 0 Å². The molecule has 0 aromatic heterocycles. The van der Waals surface area contributed by atoms with Crippen molar-refractivity contribution in [2.75, 3.05) is 0 Å². The van der Waals surface area contributed by atoms with Gasteiger partial charge in [0.25, 0.3) is 0 Å². The Morgan fingerprint density at radius 1 is 0.889 bits per heavy atom. The van der Waals surface area contributed by atoms with Gasteiger partial charge in [-0.3, -0.25) is 0 Å². The molecule has 0 saturated heterocycles. The smallest absolute Gasteiger partial charge is 0.00563 e. The van der Waals surface area contributed by atoms with Crippen molar-refractivity contribution in [2.45, 2.75) is 0 Å². The van der Waals surface area contributed by atoms with E-state index in [4.69, 9.17) is 0 Å². The maximum Gasteiger partial charge on any atom is -0.00563 e. The maximum absolute atomic E-state index is 4.08. The molecule has 0 N–H and O–H groups in total. The van der Waals surface area contributed by atoms with Gasteiger partial charge in [-0.05, 0) is 14.5 Å². The van der Waals surface area contributed by atoms with E-state index in [0.717, 1.165) is 5.30 Å². The van der Waals surface area contributed by atoms with E-state index in [1.807, 2.05) is 30.3 Å². The second kappa shape index (κ2) is 6.35. The molecular formula is C6H7Cl2P. The van der Waals surface area contributed by atoms with Crippen molar-refractivity contribution in [3.63, 3.8) is 0 Å². The minimum absolute atomic E-state index is 0. The quantitative estimate of drug-likeness (QED) is 0.539. The molecule has 3 heteroatoms. The standard InChI is InChI=1S/C6H5P.2ClH/c7-6-4-2-1-3-5-6;;/h1-5H;2*1H. The second-order valence-electron chi connectivity index (χ2n) is 1.34. The van der Waals surface area contributed by atoms with E-state index in [2.05, 4.69) is 9.24 Å². The summed E-state index contributed by atoms with van der Waals surface area (Å²) >= 11 is 0. The van der Waals surface area contributed by atoms with Crippen LogP contribution < -0.4 is 5.30 Å². The Kier molecular flexibility index (Phi) is 8.44. The van der Waals surface area contributed by atoms with Gasteiger partial charge in [0.2, 0.25) is 0 Å². The lowest BCUT2D eigenvalue weighted by Crippen LogP contribution is -1.82. The third-order valence-electron chi connectivity index (χ3n) is 0.756. The topological polar surface area (TPSA) is 0 Å². The lowest BCUT2D eigenvalue weighted by molar-refractivity contribution is 1.78. The van der Waals surface area contributed by atoms with E-state index < -0.39 is 0 Å². The van der Waals surface area contributed by atoms with Crippen LogP contribution in [0.15, 0.2) is 30.3 Å². The second-order valence-corrected chi connectivity index (χ2v) is 1.85. The van der Waals surface area contributed by atoms with Gasteiger partial charge in [-0.25, -0.2) is 0 Å². The van der Waals surface area contributed by atoms with Crippen molar-refractivity contribution in [1.82, 2.24) is 0 Å². The first-order valence-corrected chi connectivity index (χ1v) is 2.58.